The summed E-state index contributed by atoms with van der Waals surface area (Å²) in [6, 6.07) is 7.10. The molecule has 0 atom stereocenters. The standard InChI is InChI=1S/C22H30N2O5.ClH/c25-19(26)10-3-15-1-8-18(9-2-15)24-20(27)16-4-6-17(7-5-16)22(21(28)29)11-13-23-14-12-22;/h4-7,15,18,23H,1-3,8-14H2,(H,24,27)(H,25,26)(H,28,29);1H. The molecule has 0 aromatic heterocycles. The van der Waals surface area contributed by atoms with Gasteiger partial charge < -0.3 is 20.8 Å². The lowest BCUT2D eigenvalue weighted by Gasteiger charge is -2.34. The molecule has 0 spiro atoms. The van der Waals surface area contributed by atoms with E-state index < -0.39 is 17.4 Å². The van der Waals surface area contributed by atoms with E-state index in [-0.39, 0.29) is 30.8 Å². The SMILES string of the molecule is Cl.O=C(O)CCC1CCC(NC(=O)c2ccc(C3(C(=O)O)CCNCC3)cc2)CC1. The van der Waals surface area contributed by atoms with Gasteiger partial charge in [-0.3, -0.25) is 14.4 Å². The summed E-state index contributed by atoms with van der Waals surface area (Å²) in [6.45, 7) is 1.34. The molecule has 0 unspecified atom stereocenters. The molecule has 1 aliphatic carbocycles. The van der Waals surface area contributed by atoms with Crippen molar-refractivity contribution in [3.05, 3.63) is 35.4 Å². The van der Waals surface area contributed by atoms with Gasteiger partial charge in [-0.15, -0.1) is 12.4 Å². The van der Waals surface area contributed by atoms with Crippen LogP contribution < -0.4 is 10.6 Å². The minimum atomic E-state index is -0.880. The van der Waals surface area contributed by atoms with Gasteiger partial charge in [0.2, 0.25) is 0 Å². The van der Waals surface area contributed by atoms with Crippen molar-refractivity contribution in [1.82, 2.24) is 10.6 Å². The number of aliphatic carboxylic acids is 2. The van der Waals surface area contributed by atoms with Gasteiger partial charge in [-0.1, -0.05) is 12.1 Å². The van der Waals surface area contributed by atoms with Crippen molar-refractivity contribution in [1.29, 1.82) is 0 Å². The van der Waals surface area contributed by atoms with Gasteiger partial charge in [0.1, 0.15) is 0 Å². The number of benzene rings is 1. The molecule has 1 heterocycles. The molecule has 1 saturated carbocycles. The normalized spacial score (nSPS) is 23.1. The number of hydrogen-bond donors (Lipinski definition) is 4. The Morgan fingerprint density at radius 2 is 1.60 bits per heavy atom. The van der Waals surface area contributed by atoms with Crippen LogP contribution in [-0.2, 0) is 15.0 Å². The molecule has 166 valence electrons. The van der Waals surface area contributed by atoms with Crippen molar-refractivity contribution < 1.29 is 24.6 Å². The van der Waals surface area contributed by atoms with E-state index in [0.29, 0.717) is 43.8 Å². The molecule has 1 aromatic rings. The topological polar surface area (TPSA) is 116 Å². The number of carboxylic acid groups (broad SMARTS) is 2. The number of carbonyl (C=O) groups excluding carboxylic acids is 1. The zero-order chi connectivity index (χ0) is 20.9. The molecule has 1 aromatic carbocycles. The molecular formula is C22H31ClN2O5. The van der Waals surface area contributed by atoms with E-state index in [9.17, 15) is 19.5 Å². The third-order valence-electron chi connectivity index (χ3n) is 6.51. The Labute approximate surface area is 183 Å². The second-order valence-corrected chi connectivity index (χ2v) is 8.34. The molecule has 0 bridgehead atoms. The van der Waals surface area contributed by atoms with Crippen LogP contribution in [-0.4, -0.2) is 47.2 Å². The van der Waals surface area contributed by atoms with E-state index in [2.05, 4.69) is 10.6 Å². The van der Waals surface area contributed by atoms with Crippen molar-refractivity contribution in [3.8, 4) is 0 Å². The smallest absolute Gasteiger partial charge is 0.314 e. The highest BCUT2D eigenvalue weighted by molar-refractivity contribution is 5.94. The third kappa shape index (κ3) is 5.73. The zero-order valence-electron chi connectivity index (χ0n) is 17.1. The molecule has 2 fully saturated rings. The maximum atomic E-state index is 12.6. The second-order valence-electron chi connectivity index (χ2n) is 8.34. The zero-order valence-corrected chi connectivity index (χ0v) is 17.9. The summed E-state index contributed by atoms with van der Waals surface area (Å²) in [5, 5.41) is 24.9. The molecule has 4 N–H and O–H groups in total. The van der Waals surface area contributed by atoms with Gasteiger partial charge in [0.05, 0.1) is 5.41 Å². The number of nitrogens with one attached hydrogen (secondary N) is 2. The predicted octanol–water partition coefficient (Wildman–Crippen LogP) is 2.97. The predicted molar refractivity (Wildman–Crippen MR) is 115 cm³/mol. The van der Waals surface area contributed by atoms with Crippen LogP contribution in [0, 0.1) is 5.92 Å². The van der Waals surface area contributed by atoms with E-state index >= 15 is 0 Å². The van der Waals surface area contributed by atoms with E-state index in [0.717, 1.165) is 31.2 Å². The summed E-state index contributed by atoms with van der Waals surface area (Å²) < 4.78 is 0. The first-order chi connectivity index (χ1) is 13.9. The minimum Gasteiger partial charge on any atom is -0.481 e. The molecule has 1 aliphatic heterocycles. The van der Waals surface area contributed by atoms with Crippen LogP contribution in [0.5, 0.6) is 0 Å². The van der Waals surface area contributed by atoms with Crippen LogP contribution in [0.25, 0.3) is 0 Å². The van der Waals surface area contributed by atoms with Crippen molar-refractivity contribution in [2.24, 2.45) is 5.92 Å². The van der Waals surface area contributed by atoms with Gasteiger partial charge in [-0.2, -0.15) is 0 Å². The lowest BCUT2D eigenvalue weighted by molar-refractivity contribution is -0.145. The van der Waals surface area contributed by atoms with E-state index in [1.54, 1.807) is 24.3 Å². The average Bonchev–Trinajstić information content (AvgIpc) is 2.73. The quantitative estimate of drug-likeness (QED) is 0.520. The van der Waals surface area contributed by atoms with E-state index in [4.69, 9.17) is 5.11 Å². The molecular weight excluding hydrogens is 408 g/mol. The largest absolute Gasteiger partial charge is 0.481 e. The van der Waals surface area contributed by atoms with Gasteiger partial charge in [-0.25, -0.2) is 0 Å². The van der Waals surface area contributed by atoms with Crippen LogP contribution in [0.1, 0.15) is 67.3 Å². The fraction of sp³-hybridized carbons (Fsp3) is 0.591. The molecule has 0 radical (unpaired) electrons. The van der Waals surface area contributed by atoms with Crippen LogP contribution in [0.2, 0.25) is 0 Å². The second kappa shape index (κ2) is 10.8. The summed E-state index contributed by atoms with van der Waals surface area (Å²) in [4.78, 5) is 35.2. The molecule has 1 amide bonds. The highest BCUT2D eigenvalue weighted by atomic mass is 35.5. The lowest BCUT2D eigenvalue weighted by Crippen LogP contribution is -2.45. The monoisotopic (exact) mass is 438 g/mol. The van der Waals surface area contributed by atoms with Crippen LogP contribution >= 0.6 is 12.4 Å². The summed E-state index contributed by atoms with van der Waals surface area (Å²) >= 11 is 0. The Balaban J connectivity index is 0.00000320. The van der Waals surface area contributed by atoms with Gasteiger partial charge >= 0.3 is 11.9 Å². The van der Waals surface area contributed by atoms with Crippen molar-refractivity contribution in [2.45, 2.75) is 62.8 Å². The maximum Gasteiger partial charge on any atom is 0.314 e. The van der Waals surface area contributed by atoms with Crippen LogP contribution in [0.3, 0.4) is 0 Å². The van der Waals surface area contributed by atoms with Crippen molar-refractivity contribution in [3.63, 3.8) is 0 Å². The van der Waals surface area contributed by atoms with Crippen molar-refractivity contribution in [2.75, 3.05) is 13.1 Å². The van der Waals surface area contributed by atoms with Crippen molar-refractivity contribution >= 4 is 30.3 Å². The number of amides is 1. The Morgan fingerprint density at radius 1 is 1.00 bits per heavy atom. The number of carbonyl (C=O) groups is 3. The Kier molecular flexibility index (Phi) is 8.67. The first-order valence-electron chi connectivity index (χ1n) is 10.5. The van der Waals surface area contributed by atoms with E-state index in [1.807, 2.05) is 0 Å². The van der Waals surface area contributed by atoms with Gasteiger partial charge in [0.15, 0.2) is 0 Å². The third-order valence-corrected chi connectivity index (χ3v) is 6.51. The molecule has 3 rings (SSSR count). The number of halogens is 1. The van der Waals surface area contributed by atoms with Gasteiger partial charge in [0, 0.05) is 18.0 Å². The molecule has 2 aliphatic rings. The number of carboxylic acids is 2. The fourth-order valence-corrected chi connectivity index (χ4v) is 4.61. The minimum absolute atomic E-state index is 0. The fourth-order valence-electron chi connectivity index (χ4n) is 4.61. The van der Waals surface area contributed by atoms with Gasteiger partial charge in [-0.05, 0) is 81.6 Å². The van der Waals surface area contributed by atoms with Crippen LogP contribution in [0.4, 0.5) is 0 Å². The molecule has 1 saturated heterocycles. The summed E-state index contributed by atoms with van der Waals surface area (Å²) in [7, 11) is 0. The Bertz CT molecular complexity index is 738. The molecule has 30 heavy (non-hydrogen) atoms. The van der Waals surface area contributed by atoms with Gasteiger partial charge in [0.25, 0.3) is 5.91 Å². The highest BCUT2D eigenvalue weighted by Crippen LogP contribution is 2.34. The molecule has 7 nitrogen and oxygen atoms in total. The number of piperidine rings is 1. The Morgan fingerprint density at radius 3 is 2.13 bits per heavy atom. The first-order valence-corrected chi connectivity index (χ1v) is 10.5. The Hall–Kier alpha value is -2.12. The summed E-state index contributed by atoms with van der Waals surface area (Å²) in [5.41, 5.74) is 0.410. The molecule has 8 heteroatoms. The lowest BCUT2D eigenvalue weighted by atomic mass is 9.73. The number of hydrogen-bond acceptors (Lipinski definition) is 4. The first kappa shape index (κ1) is 24.2. The highest BCUT2D eigenvalue weighted by Gasteiger charge is 2.41. The number of rotatable bonds is 7. The van der Waals surface area contributed by atoms with Crippen LogP contribution in [0.15, 0.2) is 24.3 Å². The summed E-state index contributed by atoms with van der Waals surface area (Å²) in [5.74, 6) is -1.27. The average molecular weight is 439 g/mol. The summed E-state index contributed by atoms with van der Waals surface area (Å²) in [6.07, 6.45) is 5.60. The maximum absolute atomic E-state index is 12.6. The van der Waals surface area contributed by atoms with E-state index in [1.165, 1.54) is 0 Å².